The molecule has 7 nitrogen and oxygen atoms in total. The van der Waals surface area contributed by atoms with E-state index in [1.54, 1.807) is 30.8 Å². The highest BCUT2D eigenvalue weighted by atomic mass is 19.2. The number of ether oxygens (including phenoxy) is 1. The van der Waals surface area contributed by atoms with Gasteiger partial charge in [0.25, 0.3) is 5.56 Å². The van der Waals surface area contributed by atoms with E-state index in [4.69, 9.17) is 9.57 Å². The van der Waals surface area contributed by atoms with Gasteiger partial charge in [0, 0.05) is 56.3 Å². The minimum atomic E-state index is -0.953. The van der Waals surface area contributed by atoms with Crippen LogP contribution in [0.1, 0.15) is 47.7 Å². The molecular weight excluding hydrogens is 466 g/mol. The van der Waals surface area contributed by atoms with Crippen LogP contribution in [0.3, 0.4) is 0 Å². The van der Waals surface area contributed by atoms with Crippen LogP contribution in [0.5, 0.6) is 0 Å². The fraction of sp³-hybridized carbons (Fsp3) is 0.370. The van der Waals surface area contributed by atoms with Gasteiger partial charge in [-0.25, -0.2) is 8.78 Å². The maximum absolute atomic E-state index is 13.8. The minimum absolute atomic E-state index is 0.0113. The molecule has 9 heteroatoms. The van der Waals surface area contributed by atoms with E-state index in [0.717, 1.165) is 61.3 Å². The first-order valence-electron chi connectivity index (χ1n) is 12.1. The maximum atomic E-state index is 13.8. The zero-order valence-electron chi connectivity index (χ0n) is 20.3. The van der Waals surface area contributed by atoms with Crippen LogP contribution in [0.4, 0.5) is 8.78 Å². The van der Waals surface area contributed by atoms with Crippen molar-refractivity contribution in [2.45, 2.75) is 38.5 Å². The summed E-state index contributed by atoms with van der Waals surface area (Å²) in [5.74, 6) is -1.87. The second kappa shape index (κ2) is 9.91. The number of piperidine rings is 1. The smallest absolute Gasteiger partial charge is 0.250 e. The van der Waals surface area contributed by atoms with Crippen molar-refractivity contribution in [1.82, 2.24) is 14.5 Å². The second-order valence-corrected chi connectivity index (χ2v) is 9.26. The molecule has 0 N–H and O–H groups in total. The van der Waals surface area contributed by atoms with Crippen LogP contribution in [0.25, 0.3) is 0 Å². The Kier molecular flexibility index (Phi) is 6.68. The van der Waals surface area contributed by atoms with Crippen molar-refractivity contribution in [3.8, 4) is 0 Å². The average Bonchev–Trinajstić information content (AvgIpc) is 3.20. The lowest BCUT2D eigenvalue weighted by atomic mass is 9.84. The number of nitrogens with zero attached hydrogens (tertiary/aromatic N) is 4. The van der Waals surface area contributed by atoms with Gasteiger partial charge in [-0.15, -0.1) is 0 Å². The molecule has 0 amide bonds. The van der Waals surface area contributed by atoms with Gasteiger partial charge >= 0.3 is 0 Å². The molecule has 2 aliphatic rings. The Hall–Kier alpha value is -3.43. The highest BCUT2D eigenvalue weighted by Gasteiger charge is 2.43. The van der Waals surface area contributed by atoms with Crippen LogP contribution in [-0.4, -0.2) is 39.9 Å². The molecule has 0 saturated carbocycles. The molecule has 1 saturated heterocycles. The SMILES string of the molecule is CCO/N=C(/c1ccc(F)c(F)c1)c1ccc(CN2CCC3(CC2)OCc2cn(C)c(=O)cc23)cn1. The quantitative estimate of drug-likeness (QED) is 0.385. The van der Waals surface area contributed by atoms with E-state index in [1.165, 1.54) is 6.07 Å². The number of hydrogen-bond donors (Lipinski definition) is 0. The van der Waals surface area contributed by atoms with E-state index in [1.807, 2.05) is 18.3 Å². The predicted octanol–water partition coefficient (Wildman–Crippen LogP) is 3.87. The molecule has 2 aromatic heterocycles. The molecule has 0 atom stereocenters. The average molecular weight is 495 g/mol. The number of halogens is 2. The van der Waals surface area contributed by atoms with Crippen LogP contribution in [0.2, 0.25) is 0 Å². The Morgan fingerprint density at radius 1 is 1.17 bits per heavy atom. The van der Waals surface area contributed by atoms with E-state index in [2.05, 4.69) is 15.0 Å². The number of rotatable bonds is 6. The van der Waals surface area contributed by atoms with E-state index in [0.29, 0.717) is 30.2 Å². The molecule has 1 spiro atoms. The molecule has 1 aromatic carbocycles. The summed E-state index contributed by atoms with van der Waals surface area (Å²) in [7, 11) is 1.76. The topological polar surface area (TPSA) is 69.0 Å². The zero-order chi connectivity index (χ0) is 25.3. The predicted molar refractivity (Wildman–Crippen MR) is 131 cm³/mol. The highest BCUT2D eigenvalue weighted by Crippen LogP contribution is 2.43. The molecule has 5 rings (SSSR count). The van der Waals surface area contributed by atoms with Crippen LogP contribution >= 0.6 is 0 Å². The summed E-state index contributed by atoms with van der Waals surface area (Å²) in [4.78, 5) is 24.3. The molecule has 1 fully saturated rings. The van der Waals surface area contributed by atoms with E-state index in [-0.39, 0.29) is 11.2 Å². The number of likely N-dealkylation sites (tertiary alicyclic amines) is 1. The second-order valence-electron chi connectivity index (χ2n) is 9.26. The summed E-state index contributed by atoms with van der Waals surface area (Å²) in [6.45, 7) is 5.06. The van der Waals surface area contributed by atoms with Gasteiger partial charge < -0.3 is 14.1 Å². The molecule has 0 radical (unpaired) electrons. The number of oxime groups is 1. The van der Waals surface area contributed by atoms with Crippen molar-refractivity contribution >= 4 is 5.71 Å². The third kappa shape index (κ3) is 4.68. The van der Waals surface area contributed by atoms with Gasteiger partial charge in [-0.2, -0.15) is 0 Å². The van der Waals surface area contributed by atoms with Gasteiger partial charge in [0.1, 0.15) is 12.3 Å². The van der Waals surface area contributed by atoms with E-state index in [9.17, 15) is 13.6 Å². The zero-order valence-corrected chi connectivity index (χ0v) is 20.3. The van der Waals surface area contributed by atoms with Crippen molar-refractivity contribution in [3.63, 3.8) is 0 Å². The molecule has 0 aliphatic carbocycles. The maximum Gasteiger partial charge on any atom is 0.250 e. The molecule has 0 bridgehead atoms. The van der Waals surface area contributed by atoms with Crippen LogP contribution in [0, 0.1) is 11.6 Å². The summed E-state index contributed by atoms with van der Waals surface area (Å²) < 4.78 is 35.0. The van der Waals surface area contributed by atoms with Crippen molar-refractivity contribution < 1.29 is 18.4 Å². The lowest BCUT2D eigenvalue weighted by Gasteiger charge is -2.39. The van der Waals surface area contributed by atoms with Crippen molar-refractivity contribution in [2.75, 3.05) is 19.7 Å². The lowest BCUT2D eigenvalue weighted by Crippen LogP contribution is -2.42. The normalized spacial score (nSPS) is 17.4. The minimum Gasteiger partial charge on any atom is -0.396 e. The lowest BCUT2D eigenvalue weighted by molar-refractivity contribution is -0.0799. The third-order valence-corrected chi connectivity index (χ3v) is 6.92. The summed E-state index contributed by atoms with van der Waals surface area (Å²) in [5.41, 5.74) is 4.00. The first-order chi connectivity index (χ1) is 17.4. The molecular formula is C27H28F2N4O3. The number of aryl methyl sites for hydroxylation is 1. The number of hydrogen-bond acceptors (Lipinski definition) is 6. The number of aromatic nitrogens is 2. The number of pyridine rings is 2. The Balaban J connectivity index is 1.27. The van der Waals surface area contributed by atoms with Crippen LogP contribution in [-0.2, 0) is 35.4 Å². The molecule has 188 valence electrons. The van der Waals surface area contributed by atoms with Gasteiger partial charge in [-0.3, -0.25) is 14.7 Å². The van der Waals surface area contributed by atoms with E-state index < -0.39 is 11.6 Å². The van der Waals surface area contributed by atoms with Crippen LogP contribution < -0.4 is 5.56 Å². The van der Waals surface area contributed by atoms with Gasteiger partial charge in [0.2, 0.25) is 0 Å². The summed E-state index contributed by atoms with van der Waals surface area (Å²) in [6.07, 6.45) is 5.29. The Labute approximate surface area is 208 Å². The Bertz CT molecular complexity index is 1350. The number of fused-ring (bicyclic) bond motifs is 2. The van der Waals surface area contributed by atoms with Gasteiger partial charge in [0.05, 0.1) is 17.9 Å². The standard InChI is InChI=1S/C27H28F2N4O3/c1-3-36-31-26(19-5-6-22(28)23(29)12-19)24-7-4-18(14-30-24)15-33-10-8-27(9-11-33)21-13-25(34)32(2)16-20(21)17-35-27/h4-7,12-14,16H,3,8-11,15,17H2,1-2H3/b31-26-. The van der Waals surface area contributed by atoms with Gasteiger partial charge in [0.15, 0.2) is 11.6 Å². The summed E-state index contributed by atoms with van der Waals surface area (Å²) in [6, 6.07) is 9.11. The Morgan fingerprint density at radius 3 is 2.67 bits per heavy atom. The monoisotopic (exact) mass is 494 g/mol. The van der Waals surface area contributed by atoms with Crippen LogP contribution in [0.15, 0.2) is 58.7 Å². The molecule has 2 aliphatic heterocycles. The first-order valence-corrected chi connectivity index (χ1v) is 12.1. The number of benzene rings is 1. The van der Waals surface area contributed by atoms with E-state index >= 15 is 0 Å². The van der Waals surface area contributed by atoms with Gasteiger partial charge in [-0.1, -0.05) is 11.2 Å². The van der Waals surface area contributed by atoms with Crippen molar-refractivity contribution in [3.05, 3.63) is 98.7 Å². The fourth-order valence-electron chi connectivity index (χ4n) is 4.94. The molecule has 4 heterocycles. The largest absolute Gasteiger partial charge is 0.396 e. The van der Waals surface area contributed by atoms with Crippen molar-refractivity contribution in [2.24, 2.45) is 12.2 Å². The molecule has 0 unspecified atom stereocenters. The van der Waals surface area contributed by atoms with Crippen molar-refractivity contribution in [1.29, 1.82) is 0 Å². The first kappa shape index (κ1) is 24.3. The molecule has 3 aromatic rings. The third-order valence-electron chi connectivity index (χ3n) is 6.92. The summed E-state index contributed by atoms with van der Waals surface area (Å²) >= 11 is 0. The highest BCUT2D eigenvalue weighted by molar-refractivity contribution is 6.11. The summed E-state index contributed by atoms with van der Waals surface area (Å²) in [5, 5.41) is 4.09. The molecule has 36 heavy (non-hydrogen) atoms. The van der Waals surface area contributed by atoms with Gasteiger partial charge in [-0.05, 0) is 55.2 Å². The Morgan fingerprint density at radius 2 is 1.97 bits per heavy atom. The fourth-order valence-corrected chi connectivity index (χ4v) is 4.94.